The number of nitrogens with one attached hydrogen (secondary N) is 1. The van der Waals surface area contributed by atoms with Crippen molar-refractivity contribution >= 4 is 11.8 Å². The minimum Gasteiger partial charge on any atom is -0.493 e. The van der Waals surface area contributed by atoms with Gasteiger partial charge < -0.3 is 25.1 Å². The second-order valence-corrected chi connectivity index (χ2v) is 7.87. The Morgan fingerprint density at radius 3 is 2.53 bits per heavy atom. The van der Waals surface area contributed by atoms with Crippen LogP contribution in [0.3, 0.4) is 0 Å². The molecule has 7 nitrogen and oxygen atoms in total. The number of hydrogen-bond acceptors (Lipinski definition) is 4. The molecule has 0 unspecified atom stereocenters. The van der Waals surface area contributed by atoms with Gasteiger partial charge in [0.2, 0.25) is 0 Å². The van der Waals surface area contributed by atoms with Gasteiger partial charge in [0.15, 0.2) is 18.1 Å². The van der Waals surface area contributed by atoms with Gasteiger partial charge in [-0.05, 0) is 50.5 Å². The van der Waals surface area contributed by atoms with Gasteiger partial charge in [-0.1, -0.05) is 25.3 Å². The van der Waals surface area contributed by atoms with Crippen LogP contribution in [0.5, 0.6) is 11.5 Å². The number of methoxy groups -OCH3 is 1. The standard InChI is InChI=1S/C23H31N3O4/c1-15-11-19(16(2)26(15)18-7-5-4-6-8-18)23(28)25-13-17-9-10-20(21(12-17)29-3)30-14-22(24)27/h9-12,18H,4-8,13-14H2,1-3H3,(H2,24,27)(H,25,28). The van der Waals surface area contributed by atoms with Crippen molar-refractivity contribution < 1.29 is 19.1 Å². The van der Waals surface area contributed by atoms with E-state index in [1.54, 1.807) is 12.1 Å². The minimum atomic E-state index is -0.556. The number of carbonyl (C=O) groups excluding carboxylic acids is 2. The molecule has 1 aliphatic rings. The van der Waals surface area contributed by atoms with Crippen LogP contribution in [0.15, 0.2) is 24.3 Å². The molecule has 1 aromatic carbocycles. The van der Waals surface area contributed by atoms with Gasteiger partial charge in [-0.15, -0.1) is 0 Å². The van der Waals surface area contributed by atoms with E-state index in [4.69, 9.17) is 15.2 Å². The maximum atomic E-state index is 12.9. The summed E-state index contributed by atoms with van der Waals surface area (Å²) in [6, 6.07) is 7.79. The van der Waals surface area contributed by atoms with Crippen molar-refractivity contribution in [2.45, 2.75) is 58.5 Å². The third-order valence-electron chi connectivity index (χ3n) is 5.72. The van der Waals surface area contributed by atoms with Crippen LogP contribution in [0, 0.1) is 13.8 Å². The van der Waals surface area contributed by atoms with E-state index in [-0.39, 0.29) is 12.5 Å². The molecule has 0 radical (unpaired) electrons. The monoisotopic (exact) mass is 413 g/mol. The number of hydrogen-bond donors (Lipinski definition) is 2. The van der Waals surface area contributed by atoms with Crippen molar-refractivity contribution in [2.24, 2.45) is 5.73 Å². The highest BCUT2D eigenvalue weighted by Gasteiger charge is 2.22. The normalized spacial score (nSPS) is 14.4. The fourth-order valence-corrected chi connectivity index (χ4v) is 4.28. The Labute approximate surface area is 177 Å². The van der Waals surface area contributed by atoms with E-state index in [2.05, 4.69) is 16.8 Å². The average Bonchev–Trinajstić information content (AvgIpc) is 3.05. The maximum Gasteiger partial charge on any atom is 0.255 e. The predicted octanol–water partition coefficient (Wildman–Crippen LogP) is 3.41. The molecule has 0 saturated heterocycles. The molecule has 1 aromatic heterocycles. The van der Waals surface area contributed by atoms with Crippen molar-refractivity contribution in [3.63, 3.8) is 0 Å². The summed E-state index contributed by atoms with van der Waals surface area (Å²) in [5.74, 6) is 0.276. The van der Waals surface area contributed by atoms with Crippen LogP contribution in [0.4, 0.5) is 0 Å². The van der Waals surface area contributed by atoms with Crippen LogP contribution >= 0.6 is 0 Å². The lowest BCUT2D eigenvalue weighted by Crippen LogP contribution is -2.24. The molecule has 0 aliphatic heterocycles. The molecule has 0 atom stereocenters. The quantitative estimate of drug-likeness (QED) is 0.693. The number of primary amides is 1. The van der Waals surface area contributed by atoms with E-state index in [0.29, 0.717) is 24.1 Å². The Balaban J connectivity index is 1.67. The topological polar surface area (TPSA) is 95.6 Å². The molecule has 0 bridgehead atoms. The second kappa shape index (κ2) is 9.69. The average molecular weight is 414 g/mol. The Kier molecular flexibility index (Phi) is 7.03. The minimum absolute atomic E-state index is 0.0850. The number of ether oxygens (including phenoxy) is 2. The fourth-order valence-electron chi connectivity index (χ4n) is 4.28. The van der Waals surface area contributed by atoms with Crippen LogP contribution in [0.1, 0.15) is 65.5 Å². The Morgan fingerprint density at radius 2 is 1.87 bits per heavy atom. The number of aromatic nitrogens is 1. The first-order valence-corrected chi connectivity index (χ1v) is 10.5. The Hall–Kier alpha value is -2.96. The summed E-state index contributed by atoms with van der Waals surface area (Å²) in [5.41, 5.74) is 8.89. The summed E-state index contributed by atoms with van der Waals surface area (Å²) in [4.78, 5) is 23.8. The third-order valence-corrected chi connectivity index (χ3v) is 5.72. The largest absolute Gasteiger partial charge is 0.493 e. The Bertz CT molecular complexity index is 913. The molecule has 2 amide bonds. The summed E-state index contributed by atoms with van der Waals surface area (Å²) < 4.78 is 13.0. The second-order valence-electron chi connectivity index (χ2n) is 7.87. The lowest BCUT2D eigenvalue weighted by Gasteiger charge is -2.26. The molecule has 30 heavy (non-hydrogen) atoms. The molecule has 1 fully saturated rings. The fraction of sp³-hybridized carbons (Fsp3) is 0.478. The molecular weight excluding hydrogens is 382 g/mol. The summed E-state index contributed by atoms with van der Waals surface area (Å²) in [7, 11) is 1.52. The van der Waals surface area contributed by atoms with Gasteiger partial charge in [-0.25, -0.2) is 0 Å². The van der Waals surface area contributed by atoms with E-state index in [9.17, 15) is 9.59 Å². The molecule has 7 heteroatoms. The van der Waals surface area contributed by atoms with Crippen molar-refractivity contribution in [3.8, 4) is 11.5 Å². The van der Waals surface area contributed by atoms with Gasteiger partial charge in [0.05, 0.1) is 12.7 Å². The Morgan fingerprint density at radius 1 is 1.13 bits per heavy atom. The maximum absolute atomic E-state index is 12.9. The van der Waals surface area contributed by atoms with E-state index in [1.165, 1.54) is 39.2 Å². The summed E-state index contributed by atoms with van der Waals surface area (Å²) in [5, 5.41) is 3.00. The van der Waals surface area contributed by atoms with E-state index < -0.39 is 5.91 Å². The van der Waals surface area contributed by atoms with Crippen LogP contribution in [-0.2, 0) is 11.3 Å². The number of rotatable bonds is 8. The molecule has 1 aliphatic carbocycles. The van der Waals surface area contributed by atoms with Gasteiger partial charge in [0, 0.05) is 24.0 Å². The van der Waals surface area contributed by atoms with E-state index in [0.717, 1.165) is 22.5 Å². The number of amides is 2. The zero-order valence-corrected chi connectivity index (χ0v) is 18.0. The zero-order chi connectivity index (χ0) is 21.7. The molecule has 3 rings (SSSR count). The molecule has 1 saturated carbocycles. The summed E-state index contributed by atoms with van der Waals surface area (Å²) >= 11 is 0. The molecule has 1 heterocycles. The van der Waals surface area contributed by atoms with Crippen molar-refractivity contribution in [1.29, 1.82) is 0 Å². The molecule has 2 aromatic rings. The number of aryl methyl sites for hydroxylation is 1. The van der Waals surface area contributed by atoms with E-state index in [1.807, 2.05) is 19.1 Å². The smallest absolute Gasteiger partial charge is 0.255 e. The first-order chi connectivity index (χ1) is 14.4. The predicted molar refractivity (Wildman–Crippen MR) is 115 cm³/mol. The first-order valence-electron chi connectivity index (χ1n) is 10.5. The van der Waals surface area contributed by atoms with Crippen molar-refractivity contribution in [1.82, 2.24) is 9.88 Å². The van der Waals surface area contributed by atoms with Crippen molar-refractivity contribution in [2.75, 3.05) is 13.7 Å². The van der Waals surface area contributed by atoms with Crippen LogP contribution < -0.4 is 20.5 Å². The van der Waals surface area contributed by atoms with Gasteiger partial charge in [-0.3, -0.25) is 9.59 Å². The van der Waals surface area contributed by atoms with E-state index >= 15 is 0 Å². The van der Waals surface area contributed by atoms with Crippen molar-refractivity contribution in [3.05, 3.63) is 46.8 Å². The molecule has 0 spiro atoms. The molecule has 162 valence electrons. The molecule has 3 N–H and O–H groups in total. The number of nitrogens with two attached hydrogens (primary N) is 1. The highest BCUT2D eigenvalue weighted by Crippen LogP contribution is 2.32. The lowest BCUT2D eigenvalue weighted by molar-refractivity contribution is -0.119. The van der Waals surface area contributed by atoms with Crippen LogP contribution in [-0.4, -0.2) is 30.1 Å². The highest BCUT2D eigenvalue weighted by molar-refractivity contribution is 5.95. The zero-order valence-electron chi connectivity index (χ0n) is 18.0. The molecular formula is C23H31N3O4. The SMILES string of the molecule is COc1cc(CNC(=O)c2cc(C)n(C3CCCCC3)c2C)ccc1OCC(N)=O. The van der Waals surface area contributed by atoms with Gasteiger partial charge in [-0.2, -0.15) is 0 Å². The summed E-state index contributed by atoms with van der Waals surface area (Å²) in [6.07, 6.45) is 6.18. The number of nitrogens with zero attached hydrogens (tertiary/aromatic N) is 1. The third kappa shape index (κ3) is 4.96. The number of benzene rings is 1. The van der Waals surface area contributed by atoms with Gasteiger partial charge in [0.25, 0.3) is 11.8 Å². The highest BCUT2D eigenvalue weighted by atomic mass is 16.5. The van der Waals surface area contributed by atoms with Crippen LogP contribution in [0.25, 0.3) is 0 Å². The number of carbonyl (C=O) groups is 2. The lowest BCUT2D eigenvalue weighted by atomic mass is 9.95. The first kappa shape index (κ1) is 21.7. The van der Waals surface area contributed by atoms with Gasteiger partial charge >= 0.3 is 0 Å². The van der Waals surface area contributed by atoms with Crippen LogP contribution in [0.2, 0.25) is 0 Å². The summed E-state index contributed by atoms with van der Waals surface area (Å²) in [6.45, 7) is 4.25. The van der Waals surface area contributed by atoms with Gasteiger partial charge in [0.1, 0.15) is 0 Å².